The second-order valence-electron chi connectivity index (χ2n) is 5.46. The molecule has 0 radical (unpaired) electrons. The molecule has 0 spiro atoms. The van der Waals surface area contributed by atoms with Crippen LogP contribution in [0.15, 0.2) is 24.3 Å². The molecule has 0 unspecified atom stereocenters. The van der Waals surface area contributed by atoms with Gasteiger partial charge in [0.15, 0.2) is 0 Å². The maximum absolute atomic E-state index is 11.2. The van der Waals surface area contributed by atoms with Gasteiger partial charge in [-0.05, 0) is 39.0 Å². The van der Waals surface area contributed by atoms with Crippen molar-refractivity contribution >= 4 is 16.9 Å². The summed E-state index contributed by atoms with van der Waals surface area (Å²) >= 11 is 0. The van der Waals surface area contributed by atoms with E-state index in [2.05, 4.69) is 4.57 Å². The Labute approximate surface area is 112 Å². The molecule has 0 atom stereocenters. The number of fused-ring (bicyclic) bond motifs is 1. The zero-order valence-electron chi connectivity index (χ0n) is 11.5. The quantitative estimate of drug-likeness (QED) is 0.889. The number of phenolic OH excluding ortho intramolecular Hbond substituents is 1. The highest BCUT2D eigenvalue weighted by Crippen LogP contribution is 2.31. The molecule has 0 saturated carbocycles. The van der Waals surface area contributed by atoms with E-state index in [9.17, 15) is 15.0 Å². The molecule has 19 heavy (non-hydrogen) atoms. The summed E-state index contributed by atoms with van der Waals surface area (Å²) in [6.07, 6.45) is 0.435. The molecule has 2 aromatic rings. The zero-order valence-corrected chi connectivity index (χ0v) is 11.5. The van der Waals surface area contributed by atoms with Crippen LogP contribution in [0.3, 0.4) is 0 Å². The number of aromatic nitrogens is 1. The van der Waals surface area contributed by atoms with Crippen LogP contribution in [0.25, 0.3) is 10.9 Å². The average Bonchev–Trinajstić information content (AvgIpc) is 2.67. The van der Waals surface area contributed by atoms with Gasteiger partial charge in [-0.1, -0.05) is 6.07 Å². The molecule has 0 aliphatic carbocycles. The van der Waals surface area contributed by atoms with Crippen molar-refractivity contribution in [1.82, 2.24) is 4.57 Å². The average molecular weight is 261 g/mol. The van der Waals surface area contributed by atoms with E-state index < -0.39 is 11.4 Å². The van der Waals surface area contributed by atoms with Crippen molar-refractivity contribution < 1.29 is 15.0 Å². The Bertz CT molecular complexity index is 626. The maximum atomic E-state index is 11.2. The molecule has 1 heterocycles. The molecule has 0 bridgehead atoms. The molecule has 4 heteroatoms. The van der Waals surface area contributed by atoms with Gasteiger partial charge in [0, 0.05) is 24.0 Å². The first-order valence-electron chi connectivity index (χ1n) is 6.40. The summed E-state index contributed by atoms with van der Waals surface area (Å²) in [5, 5.41) is 19.9. The minimum absolute atomic E-state index is 0.235. The Morgan fingerprint density at radius 2 is 2.05 bits per heavy atom. The fraction of sp³-hybridized carbons (Fsp3) is 0.400. The number of rotatable bonds is 4. The highest BCUT2D eigenvalue weighted by atomic mass is 16.4. The van der Waals surface area contributed by atoms with Crippen LogP contribution in [0.4, 0.5) is 0 Å². The zero-order chi connectivity index (χ0) is 14.2. The van der Waals surface area contributed by atoms with Crippen LogP contribution in [0, 0.1) is 5.41 Å². The number of carboxylic acid groups (broad SMARTS) is 1. The molecule has 0 aliphatic heterocycles. The third-order valence-corrected chi connectivity index (χ3v) is 3.53. The van der Waals surface area contributed by atoms with E-state index in [4.69, 9.17) is 0 Å². The van der Waals surface area contributed by atoms with Crippen molar-refractivity contribution in [2.75, 3.05) is 0 Å². The maximum Gasteiger partial charge on any atom is 0.309 e. The molecule has 0 saturated heterocycles. The van der Waals surface area contributed by atoms with Crippen LogP contribution in [-0.4, -0.2) is 20.7 Å². The second-order valence-corrected chi connectivity index (χ2v) is 5.46. The number of hydrogen-bond donors (Lipinski definition) is 2. The summed E-state index contributed by atoms with van der Waals surface area (Å²) in [7, 11) is 0. The van der Waals surface area contributed by atoms with Gasteiger partial charge in [0.25, 0.3) is 0 Å². The number of aliphatic carboxylic acids is 1. The Hall–Kier alpha value is -1.97. The van der Waals surface area contributed by atoms with Gasteiger partial charge >= 0.3 is 5.97 Å². The predicted molar refractivity (Wildman–Crippen MR) is 74.4 cm³/mol. The van der Waals surface area contributed by atoms with Gasteiger partial charge in [0.05, 0.1) is 10.9 Å². The Balaban J connectivity index is 2.55. The van der Waals surface area contributed by atoms with E-state index >= 15 is 0 Å². The lowest BCUT2D eigenvalue weighted by Crippen LogP contribution is -2.27. The number of aryl methyl sites for hydroxylation is 1. The Morgan fingerprint density at radius 3 is 2.63 bits per heavy atom. The number of benzene rings is 1. The molecule has 0 aliphatic rings. The van der Waals surface area contributed by atoms with E-state index in [-0.39, 0.29) is 5.75 Å². The number of carboxylic acids is 1. The van der Waals surface area contributed by atoms with Gasteiger partial charge in [-0.15, -0.1) is 0 Å². The van der Waals surface area contributed by atoms with Crippen LogP contribution < -0.4 is 0 Å². The molecule has 2 rings (SSSR count). The third kappa shape index (κ3) is 2.30. The van der Waals surface area contributed by atoms with Crippen molar-refractivity contribution in [1.29, 1.82) is 0 Å². The van der Waals surface area contributed by atoms with Crippen LogP contribution >= 0.6 is 0 Å². The Kier molecular flexibility index (Phi) is 3.27. The van der Waals surface area contributed by atoms with E-state index in [1.54, 1.807) is 26.0 Å². The number of aromatic hydroxyl groups is 1. The summed E-state index contributed by atoms with van der Waals surface area (Å²) in [6, 6.07) is 7.28. The molecular formula is C15H19NO3. The van der Waals surface area contributed by atoms with Gasteiger partial charge < -0.3 is 14.8 Å². The topological polar surface area (TPSA) is 62.5 Å². The van der Waals surface area contributed by atoms with E-state index in [1.165, 1.54) is 0 Å². The van der Waals surface area contributed by atoms with Crippen molar-refractivity contribution in [2.24, 2.45) is 5.41 Å². The third-order valence-electron chi connectivity index (χ3n) is 3.53. The first-order chi connectivity index (χ1) is 8.86. The smallest absolute Gasteiger partial charge is 0.309 e. The summed E-state index contributed by atoms with van der Waals surface area (Å²) in [5.74, 6) is -0.580. The highest BCUT2D eigenvalue weighted by Gasteiger charge is 2.29. The first kappa shape index (κ1) is 13.5. The van der Waals surface area contributed by atoms with Crippen LogP contribution in [-0.2, 0) is 17.8 Å². The number of nitrogens with zero attached hydrogens (tertiary/aromatic N) is 1. The Morgan fingerprint density at radius 1 is 1.37 bits per heavy atom. The predicted octanol–water partition coefficient (Wildman–Crippen LogP) is 3.02. The van der Waals surface area contributed by atoms with Crippen LogP contribution in [0.5, 0.6) is 5.75 Å². The molecule has 0 fully saturated rings. The van der Waals surface area contributed by atoms with Crippen LogP contribution in [0.1, 0.15) is 26.5 Å². The molecule has 2 N–H and O–H groups in total. The molecular weight excluding hydrogens is 242 g/mol. The molecule has 0 amide bonds. The van der Waals surface area contributed by atoms with Crippen molar-refractivity contribution in [3.8, 4) is 5.75 Å². The summed E-state index contributed by atoms with van der Waals surface area (Å²) in [5.41, 5.74) is 1.06. The lowest BCUT2D eigenvalue weighted by Gasteiger charge is -2.20. The van der Waals surface area contributed by atoms with Gasteiger partial charge in [-0.3, -0.25) is 4.79 Å². The fourth-order valence-corrected chi connectivity index (χ4v) is 2.37. The summed E-state index contributed by atoms with van der Waals surface area (Å²) in [6.45, 7) is 6.19. The van der Waals surface area contributed by atoms with Gasteiger partial charge in [-0.25, -0.2) is 0 Å². The van der Waals surface area contributed by atoms with Gasteiger partial charge in [0.1, 0.15) is 5.75 Å². The highest BCUT2D eigenvalue weighted by molar-refractivity contribution is 5.87. The largest absolute Gasteiger partial charge is 0.507 e. The SMILES string of the molecule is CCn1c(CC(C)(C)C(=O)O)cc2c(O)cccc21. The van der Waals surface area contributed by atoms with Crippen LogP contribution in [0.2, 0.25) is 0 Å². The number of carbonyl (C=O) groups is 1. The standard InChI is InChI=1S/C15H19NO3/c1-4-16-10(9-15(2,3)14(18)19)8-11-12(16)6-5-7-13(11)17/h5-8,17H,4,9H2,1-3H3,(H,18,19). The lowest BCUT2D eigenvalue weighted by molar-refractivity contribution is -0.146. The lowest BCUT2D eigenvalue weighted by atomic mass is 9.88. The van der Waals surface area contributed by atoms with Crippen molar-refractivity contribution in [3.05, 3.63) is 30.0 Å². The fourth-order valence-electron chi connectivity index (χ4n) is 2.37. The first-order valence-corrected chi connectivity index (χ1v) is 6.40. The minimum Gasteiger partial charge on any atom is -0.507 e. The molecule has 1 aromatic heterocycles. The molecule has 102 valence electrons. The van der Waals surface area contributed by atoms with Crippen molar-refractivity contribution in [3.63, 3.8) is 0 Å². The molecule has 4 nitrogen and oxygen atoms in total. The number of phenols is 1. The number of hydrogen-bond acceptors (Lipinski definition) is 2. The minimum atomic E-state index is -0.823. The van der Waals surface area contributed by atoms with Crippen molar-refractivity contribution in [2.45, 2.75) is 33.7 Å². The monoisotopic (exact) mass is 261 g/mol. The van der Waals surface area contributed by atoms with Gasteiger partial charge in [0.2, 0.25) is 0 Å². The second kappa shape index (κ2) is 4.61. The van der Waals surface area contributed by atoms with E-state index in [0.717, 1.165) is 23.1 Å². The summed E-state index contributed by atoms with van der Waals surface area (Å²) in [4.78, 5) is 11.2. The normalized spacial score (nSPS) is 11.9. The molecule has 1 aromatic carbocycles. The van der Waals surface area contributed by atoms with E-state index in [0.29, 0.717) is 6.42 Å². The summed E-state index contributed by atoms with van der Waals surface area (Å²) < 4.78 is 2.06. The van der Waals surface area contributed by atoms with E-state index in [1.807, 2.05) is 19.1 Å². The van der Waals surface area contributed by atoms with Gasteiger partial charge in [-0.2, -0.15) is 0 Å².